The van der Waals surface area contributed by atoms with Crippen molar-refractivity contribution in [2.45, 2.75) is 32.9 Å². The Kier molecular flexibility index (Phi) is 5.05. The first kappa shape index (κ1) is 18.5. The van der Waals surface area contributed by atoms with E-state index in [1.165, 1.54) is 17.7 Å². The van der Waals surface area contributed by atoms with Crippen LogP contribution in [0.25, 0.3) is 11.0 Å². The maximum atomic E-state index is 14.1. The number of rotatable bonds is 4. The number of fused-ring (bicyclic) bond motifs is 1. The number of halogens is 1. The minimum absolute atomic E-state index is 0.0361. The molecule has 4 rings (SSSR count). The number of carbonyl (C=O) groups is 1. The number of hydrogen-bond acceptors (Lipinski definition) is 4. The molecule has 0 unspecified atom stereocenters. The Morgan fingerprint density at radius 2 is 1.93 bits per heavy atom. The summed E-state index contributed by atoms with van der Waals surface area (Å²) < 4.78 is 14.1. The molecule has 5 nitrogen and oxygen atoms in total. The standard InChI is InChI=1S/C22H23FN4O/c1-14-15(2)25-21-19(10-17(23)11-20(21)24-14)22(28)26-18-8-9-27(13-18)12-16-6-4-3-5-7-16/h3-7,10-11,18H,8-9,12-13H2,1-2H3,(H,26,28)/t18-/m1/s1. The van der Waals surface area contributed by atoms with Crippen LogP contribution in [0.3, 0.4) is 0 Å². The zero-order chi connectivity index (χ0) is 19.7. The Hall–Kier alpha value is -2.86. The third-order valence-electron chi connectivity index (χ3n) is 5.25. The van der Waals surface area contributed by atoms with Gasteiger partial charge in [0.05, 0.1) is 22.5 Å². The van der Waals surface area contributed by atoms with Gasteiger partial charge in [0.1, 0.15) is 11.3 Å². The molecule has 6 heteroatoms. The van der Waals surface area contributed by atoms with Crippen LogP contribution in [-0.2, 0) is 6.54 Å². The summed E-state index contributed by atoms with van der Waals surface area (Å²) in [4.78, 5) is 24.0. The van der Waals surface area contributed by atoms with Crippen molar-refractivity contribution in [2.24, 2.45) is 0 Å². The molecule has 0 bridgehead atoms. The number of likely N-dealkylation sites (tertiary alicyclic amines) is 1. The van der Waals surface area contributed by atoms with Gasteiger partial charge in [0.25, 0.3) is 5.91 Å². The largest absolute Gasteiger partial charge is 0.348 e. The molecule has 1 saturated heterocycles. The highest BCUT2D eigenvalue weighted by molar-refractivity contribution is 6.04. The first-order valence-electron chi connectivity index (χ1n) is 9.51. The molecule has 3 aromatic rings. The van der Waals surface area contributed by atoms with E-state index in [9.17, 15) is 9.18 Å². The normalized spacial score (nSPS) is 17.2. The molecule has 0 radical (unpaired) electrons. The van der Waals surface area contributed by atoms with Gasteiger partial charge in [-0.15, -0.1) is 0 Å². The summed E-state index contributed by atoms with van der Waals surface area (Å²) in [5.74, 6) is -0.777. The number of benzene rings is 2. The van der Waals surface area contributed by atoms with E-state index in [0.717, 1.165) is 37.4 Å². The fourth-order valence-electron chi connectivity index (χ4n) is 3.67. The van der Waals surface area contributed by atoms with Gasteiger partial charge >= 0.3 is 0 Å². The summed E-state index contributed by atoms with van der Waals surface area (Å²) in [7, 11) is 0. The summed E-state index contributed by atoms with van der Waals surface area (Å²) in [6, 6.07) is 12.9. The Morgan fingerprint density at radius 3 is 2.71 bits per heavy atom. The molecular formula is C22H23FN4O. The number of aryl methyl sites for hydroxylation is 2. The lowest BCUT2D eigenvalue weighted by Gasteiger charge is -2.17. The van der Waals surface area contributed by atoms with E-state index in [1.807, 2.05) is 32.0 Å². The predicted molar refractivity (Wildman–Crippen MR) is 107 cm³/mol. The van der Waals surface area contributed by atoms with E-state index in [2.05, 4.69) is 32.3 Å². The third-order valence-corrected chi connectivity index (χ3v) is 5.25. The minimum Gasteiger partial charge on any atom is -0.348 e. The van der Waals surface area contributed by atoms with Crippen LogP contribution in [0.5, 0.6) is 0 Å². The van der Waals surface area contributed by atoms with Crippen molar-refractivity contribution < 1.29 is 9.18 Å². The number of carbonyl (C=O) groups excluding carboxylic acids is 1. The van der Waals surface area contributed by atoms with Crippen LogP contribution >= 0.6 is 0 Å². The fraction of sp³-hybridized carbons (Fsp3) is 0.318. The average molecular weight is 378 g/mol. The van der Waals surface area contributed by atoms with E-state index >= 15 is 0 Å². The predicted octanol–water partition coefficient (Wildman–Crippen LogP) is 3.39. The molecule has 1 N–H and O–H groups in total. The lowest BCUT2D eigenvalue weighted by molar-refractivity contribution is 0.0938. The lowest BCUT2D eigenvalue weighted by atomic mass is 10.1. The van der Waals surface area contributed by atoms with Gasteiger partial charge in [-0.2, -0.15) is 0 Å². The maximum Gasteiger partial charge on any atom is 0.253 e. The van der Waals surface area contributed by atoms with Crippen molar-refractivity contribution >= 4 is 16.9 Å². The summed E-state index contributed by atoms with van der Waals surface area (Å²) in [6.07, 6.45) is 0.871. The van der Waals surface area contributed by atoms with E-state index in [1.54, 1.807) is 0 Å². The first-order valence-corrected chi connectivity index (χ1v) is 9.51. The highest BCUT2D eigenvalue weighted by Gasteiger charge is 2.25. The highest BCUT2D eigenvalue weighted by Crippen LogP contribution is 2.20. The summed E-state index contributed by atoms with van der Waals surface area (Å²) in [6.45, 7) is 6.22. The molecule has 1 aliphatic heterocycles. The molecule has 1 fully saturated rings. The second-order valence-electron chi connectivity index (χ2n) is 7.40. The van der Waals surface area contributed by atoms with Crippen LogP contribution in [0.15, 0.2) is 42.5 Å². The third kappa shape index (κ3) is 3.87. The van der Waals surface area contributed by atoms with Gasteiger partial charge in [-0.05, 0) is 31.9 Å². The van der Waals surface area contributed by atoms with Crippen LogP contribution in [0, 0.1) is 19.7 Å². The van der Waals surface area contributed by atoms with Crippen LogP contribution in [0.2, 0.25) is 0 Å². The Balaban J connectivity index is 1.49. The number of nitrogens with one attached hydrogen (secondary N) is 1. The van der Waals surface area contributed by atoms with Crippen LogP contribution < -0.4 is 5.32 Å². The molecular weight excluding hydrogens is 355 g/mol. The van der Waals surface area contributed by atoms with E-state index < -0.39 is 5.82 Å². The van der Waals surface area contributed by atoms with Crippen LogP contribution in [0.4, 0.5) is 4.39 Å². The molecule has 1 atom stereocenters. The Labute approximate surface area is 163 Å². The summed E-state index contributed by atoms with van der Waals surface area (Å²) in [5.41, 5.74) is 3.82. The molecule has 144 valence electrons. The smallest absolute Gasteiger partial charge is 0.253 e. The molecule has 0 aliphatic carbocycles. The number of nitrogens with zero attached hydrogens (tertiary/aromatic N) is 3. The van der Waals surface area contributed by atoms with Gasteiger partial charge in [0.15, 0.2) is 0 Å². The molecule has 1 aromatic heterocycles. The van der Waals surface area contributed by atoms with Crippen LogP contribution in [0.1, 0.15) is 33.7 Å². The van der Waals surface area contributed by atoms with Crippen molar-refractivity contribution in [1.29, 1.82) is 0 Å². The van der Waals surface area contributed by atoms with Gasteiger partial charge in [-0.25, -0.2) is 14.4 Å². The van der Waals surface area contributed by atoms with Crippen molar-refractivity contribution in [3.05, 3.63) is 70.8 Å². The van der Waals surface area contributed by atoms with Gasteiger partial charge in [0, 0.05) is 31.7 Å². The average Bonchev–Trinajstić information content (AvgIpc) is 3.10. The van der Waals surface area contributed by atoms with Gasteiger partial charge < -0.3 is 5.32 Å². The lowest BCUT2D eigenvalue weighted by Crippen LogP contribution is -2.37. The summed E-state index contributed by atoms with van der Waals surface area (Å²) in [5, 5.41) is 3.05. The SMILES string of the molecule is Cc1nc2cc(F)cc(C(=O)N[C@@H]3CCN(Cc4ccccc4)C3)c2nc1C. The topological polar surface area (TPSA) is 58.1 Å². The van der Waals surface area contributed by atoms with Gasteiger partial charge in [-0.1, -0.05) is 30.3 Å². The molecule has 0 spiro atoms. The number of amides is 1. The molecule has 1 aliphatic rings. The second kappa shape index (κ2) is 7.64. The number of hydrogen-bond donors (Lipinski definition) is 1. The molecule has 28 heavy (non-hydrogen) atoms. The molecule has 2 aromatic carbocycles. The Morgan fingerprint density at radius 1 is 1.18 bits per heavy atom. The highest BCUT2D eigenvalue weighted by atomic mass is 19.1. The second-order valence-corrected chi connectivity index (χ2v) is 7.40. The van der Waals surface area contributed by atoms with E-state index in [0.29, 0.717) is 11.0 Å². The zero-order valence-corrected chi connectivity index (χ0v) is 16.1. The van der Waals surface area contributed by atoms with Gasteiger partial charge in [-0.3, -0.25) is 9.69 Å². The van der Waals surface area contributed by atoms with Crippen LogP contribution in [-0.4, -0.2) is 39.9 Å². The Bertz CT molecular complexity index is 1020. The summed E-state index contributed by atoms with van der Waals surface area (Å²) >= 11 is 0. The van der Waals surface area contributed by atoms with Crippen molar-refractivity contribution in [1.82, 2.24) is 20.2 Å². The quantitative estimate of drug-likeness (QED) is 0.756. The molecule has 0 saturated carbocycles. The first-order chi connectivity index (χ1) is 13.5. The van der Waals surface area contributed by atoms with E-state index in [4.69, 9.17) is 0 Å². The van der Waals surface area contributed by atoms with Crippen molar-refractivity contribution in [3.63, 3.8) is 0 Å². The minimum atomic E-state index is -0.479. The maximum absolute atomic E-state index is 14.1. The van der Waals surface area contributed by atoms with Crippen molar-refractivity contribution in [3.8, 4) is 0 Å². The van der Waals surface area contributed by atoms with Crippen molar-refractivity contribution in [2.75, 3.05) is 13.1 Å². The monoisotopic (exact) mass is 378 g/mol. The molecule has 1 amide bonds. The zero-order valence-electron chi connectivity index (χ0n) is 16.1. The molecule has 2 heterocycles. The van der Waals surface area contributed by atoms with Gasteiger partial charge in [0.2, 0.25) is 0 Å². The fourth-order valence-corrected chi connectivity index (χ4v) is 3.67. The van der Waals surface area contributed by atoms with E-state index in [-0.39, 0.29) is 17.5 Å². The number of aromatic nitrogens is 2.